The second-order valence-corrected chi connectivity index (χ2v) is 10.1. The van der Waals surface area contributed by atoms with Crippen LogP contribution >= 0.6 is 39.3 Å². The summed E-state index contributed by atoms with van der Waals surface area (Å²) in [5, 5.41) is 12.7. The maximum Gasteiger partial charge on any atom is 0.278 e. The van der Waals surface area contributed by atoms with Crippen LogP contribution in [0.25, 0.3) is 5.69 Å². The number of carbonyl (C=O) groups excluding carboxylic acids is 1. The van der Waals surface area contributed by atoms with Gasteiger partial charge in [-0.15, -0.1) is 5.10 Å². The van der Waals surface area contributed by atoms with E-state index < -0.39 is 0 Å². The number of benzene rings is 2. The molecule has 2 aromatic carbocycles. The van der Waals surface area contributed by atoms with Crippen molar-refractivity contribution in [1.29, 1.82) is 0 Å². The third kappa shape index (κ3) is 5.48. The van der Waals surface area contributed by atoms with Crippen LogP contribution in [0.3, 0.4) is 0 Å². The zero-order valence-corrected chi connectivity index (χ0v) is 22.2. The molecule has 1 N–H and O–H groups in total. The van der Waals surface area contributed by atoms with Crippen molar-refractivity contribution in [3.8, 4) is 5.69 Å². The van der Waals surface area contributed by atoms with E-state index in [-0.39, 0.29) is 11.6 Å². The molecule has 1 amide bonds. The maximum atomic E-state index is 13.3. The lowest BCUT2D eigenvalue weighted by Crippen LogP contribution is -2.16. The third-order valence-electron chi connectivity index (χ3n) is 5.11. The van der Waals surface area contributed by atoms with Crippen LogP contribution in [0.1, 0.15) is 38.7 Å². The first-order valence-electron chi connectivity index (χ1n) is 10.4. The van der Waals surface area contributed by atoms with E-state index in [1.54, 1.807) is 4.68 Å². The fraction of sp³-hybridized carbons (Fsp3) is 0.208. The van der Waals surface area contributed by atoms with Crippen LogP contribution in [-0.4, -0.2) is 30.9 Å². The Morgan fingerprint density at radius 1 is 1.03 bits per heavy atom. The second-order valence-electron chi connectivity index (χ2n) is 7.87. The van der Waals surface area contributed by atoms with E-state index >= 15 is 0 Å². The Labute approximate surface area is 215 Å². The molecule has 2 heterocycles. The molecule has 0 unspecified atom stereocenters. The van der Waals surface area contributed by atoms with Crippen LogP contribution < -0.4 is 5.32 Å². The first-order valence-corrected chi connectivity index (χ1v) is 12.6. The zero-order valence-electron chi connectivity index (χ0n) is 19.1. The summed E-state index contributed by atoms with van der Waals surface area (Å²) in [6, 6.07) is 13.2. The van der Waals surface area contributed by atoms with Crippen molar-refractivity contribution in [2.75, 3.05) is 5.32 Å². The zero-order chi connectivity index (χ0) is 24.4. The smallest absolute Gasteiger partial charge is 0.278 e. The van der Waals surface area contributed by atoms with Crippen LogP contribution in [0.5, 0.6) is 0 Å². The summed E-state index contributed by atoms with van der Waals surface area (Å²) < 4.78 is 2.58. The molecule has 0 aliphatic rings. The Kier molecular flexibility index (Phi) is 7.35. The molecule has 0 aliphatic carbocycles. The predicted octanol–water partition coefficient (Wildman–Crippen LogP) is 6.25. The molecule has 0 atom stereocenters. The minimum absolute atomic E-state index is 0.232. The average molecular weight is 558 g/mol. The number of carbonyl (C=O) groups is 1. The molecular weight excluding hydrogens is 536 g/mol. The molecule has 0 radical (unpaired) electrons. The molecule has 10 heteroatoms. The first-order chi connectivity index (χ1) is 16.2. The number of hydrogen-bond acceptors (Lipinski definition) is 6. The summed E-state index contributed by atoms with van der Waals surface area (Å²) in [7, 11) is 0. The molecule has 174 valence electrons. The lowest BCUT2D eigenvalue weighted by molar-refractivity contribution is 0.102. The van der Waals surface area contributed by atoms with Crippen LogP contribution in [0.15, 0.2) is 52.1 Å². The Balaban J connectivity index is 1.71. The molecule has 2 aromatic heterocycles. The summed E-state index contributed by atoms with van der Waals surface area (Å²) in [6.45, 7) is 7.72. The van der Waals surface area contributed by atoms with Crippen LogP contribution in [0.4, 0.5) is 5.69 Å². The van der Waals surface area contributed by atoms with E-state index in [4.69, 9.17) is 11.6 Å². The Morgan fingerprint density at radius 3 is 2.44 bits per heavy atom. The van der Waals surface area contributed by atoms with Crippen molar-refractivity contribution in [3.05, 3.63) is 85.9 Å². The number of nitrogens with zero attached hydrogens (tertiary/aromatic N) is 5. The van der Waals surface area contributed by atoms with Gasteiger partial charge in [0, 0.05) is 32.3 Å². The highest BCUT2D eigenvalue weighted by atomic mass is 79.9. The van der Waals surface area contributed by atoms with E-state index in [9.17, 15) is 4.79 Å². The number of aromatic nitrogens is 5. The van der Waals surface area contributed by atoms with Gasteiger partial charge in [0.25, 0.3) is 5.91 Å². The number of nitrogens with one attached hydrogen (secondary N) is 1. The van der Waals surface area contributed by atoms with Crippen LogP contribution in [0.2, 0.25) is 5.02 Å². The first kappa shape index (κ1) is 24.4. The van der Waals surface area contributed by atoms with Gasteiger partial charge in [0.05, 0.1) is 11.4 Å². The molecule has 4 aromatic rings. The summed E-state index contributed by atoms with van der Waals surface area (Å²) in [5.74, 6) is 0.0514. The van der Waals surface area contributed by atoms with Crippen LogP contribution in [0, 0.1) is 27.7 Å². The quantitative estimate of drug-likeness (QED) is 0.223. The van der Waals surface area contributed by atoms with Gasteiger partial charge in [-0.1, -0.05) is 50.6 Å². The van der Waals surface area contributed by atoms with Crippen molar-refractivity contribution in [1.82, 2.24) is 25.0 Å². The van der Waals surface area contributed by atoms with E-state index in [2.05, 4.69) is 41.5 Å². The number of anilines is 1. The monoisotopic (exact) mass is 556 g/mol. The van der Waals surface area contributed by atoms with Gasteiger partial charge in [-0.05, 0) is 75.2 Å². The largest absolute Gasteiger partial charge is 0.320 e. The fourth-order valence-corrected chi connectivity index (χ4v) is 4.96. The fourth-order valence-electron chi connectivity index (χ4n) is 3.37. The Hall–Kier alpha value is -2.75. The molecule has 4 rings (SSSR count). The standard InChI is InChI=1S/C24H22BrClN6OS/c1-13-5-7-18(11-19(13)26)32-21(12-34-24-27-15(3)10-16(4)28-24)22(30-31-32)23(33)29-20-8-6-17(25)9-14(20)2/h5-11H,12H2,1-4H3,(H,29,33). The van der Waals surface area contributed by atoms with E-state index in [1.807, 2.05) is 70.2 Å². The number of rotatable bonds is 6. The summed E-state index contributed by atoms with van der Waals surface area (Å²) >= 11 is 11.2. The molecule has 0 bridgehead atoms. The lowest BCUT2D eigenvalue weighted by Gasteiger charge is -2.11. The average Bonchev–Trinajstić information content (AvgIpc) is 3.19. The van der Waals surface area contributed by atoms with Crippen molar-refractivity contribution in [3.63, 3.8) is 0 Å². The minimum atomic E-state index is -0.341. The summed E-state index contributed by atoms with van der Waals surface area (Å²) in [4.78, 5) is 22.3. The highest BCUT2D eigenvalue weighted by Gasteiger charge is 2.22. The minimum Gasteiger partial charge on any atom is -0.320 e. The Bertz CT molecular complexity index is 1370. The normalized spacial score (nSPS) is 11.0. The van der Waals surface area contributed by atoms with E-state index in [0.717, 1.165) is 32.7 Å². The van der Waals surface area contributed by atoms with Gasteiger partial charge < -0.3 is 5.32 Å². The van der Waals surface area contributed by atoms with Crippen molar-refractivity contribution >= 4 is 50.9 Å². The number of amides is 1. The highest BCUT2D eigenvalue weighted by Crippen LogP contribution is 2.27. The van der Waals surface area contributed by atoms with Gasteiger partial charge in [-0.25, -0.2) is 14.6 Å². The van der Waals surface area contributed by atoms with Crippen molar-refractivity contribution < 1.29 is 4.79 Å². The Morgan fingerprint density at radius 2 is 1.76 bits per heavy atom. The summed E-state index contributed by atoms with van der Waals surface area (Å²) in [6.07, 6.45) is 0. The number of halogens is 2. The predicted molar refractivity (Wildman–Crippen MR) is 139 cm³/mol. The van der Waals surface area contributed by atoms with Gasteiger partial charge >= 0.3 is 0 Å². The summed E-state index contributed by atoms with van der Waals surface area (Å²) in [5.41, 5.74) is 5.94. The van der Waals surface area contributed by atoms with Gasteiger partial charge in [-0.3, -0.25) is 4.79 Å². The molecule has 34 heavy (non-hydrogen) atoms. The maximum absolute atomic E-state index is 13.3. The van der Waals surface area contributed by atoms with Gasteiger partial charge in [-0.2, -0.15) is 0 Å². The lowest BCUT2D eigenvalue weighted by atomic mass is 10.2. The molecule has 0 aliphatic heterocycles. The molecule has 0 saturated heterocycles. The molecule has 0 saturated carbocycles. The number of thioether (sulfide) groups is 1. The third-order valence-corrected chi connectivity index (χ3v) is 6.87. The molecule has 0 spiro atoms. The second kappa shape index (κ2) is 10.2. The highest BCUT2D eigenvalue weighted by molar-refractivity contribution is 9.10. The molecule has 0 fully saturated rings. The van der Waals surface area contributed by atoms with E-state index in [0.29, 0.717) is 27.3 Å². The van der Waals surface area contributed by atoms with Crippen LogP contribution in [-0.2, 0) is 5.75 Å². The van der Waals surface area contributed by atoms with Gasteiger partial charge in [0.1, 0.15) is 0 Å². The number of aryl methyl sites for hydroxylation is 4. The van der Waals surface area contributed by atoms with Crippen molar-refractivity contribution in [2.45, 2.75) is 38.6 Å². The van der Waals surface area contributed by atoms with Gasteiger partial charge in [0.2, 0.25) is 0 Å². The topological polar surface area (TPSA) is 85.6 Å². The van der Waals surface area contributed by atoms with Gasteiger partial charge in [0.15, 0.2) is 10.9 Å². The number of hydrogen-bond donors (Lipinski definition) is 1. The SMILES string of the molecule is Cc1cc(C)nc(SCc2c(C(=O)Nc3ccc(Br)cc3C)nnn2-c2ccc(C)c(Cl)c2)n1. The van der Waals surface area contributed by atoms with E-state index in [1.165, 1.54) is 11.8 Å². The molecule has 7 nitrogen and oxygen atoms in total. The molecular formula is C24H22BrClN6OS. The van der Waals surface area contributed by atoms with Crippen molar-refractivity contribution in [2.24, 2.45) is 0 Å².